The van der Waals surface area contributed by atoms with Gasteiger partial charge in [0.05, 0.1) is 5.56 Å². The smallest absolute Gasteiger partial charge is 0.368 e. The fraction of sp³-hybridized carbons (Fsp3) is 0.308. The van der Waals surface area contributed by atoms with Gasteiger partial charge in [0.1, 0.15) is 5.82 Å². The van der Waals surface area contributed by atoms with E-state index in [1.165, 1.54) is 12.1 Å². The number of rotatable bonds is 2. The van der Waals surface area contributed by atoms with Crippen LogP contribution in [0.5, 0.6) is 0 Å². The Kier molecular flexibility index (Phi) is 4.18. The standard InChI is InChI=1S/C13H12BrF3N4/c1-6(2)10-19-11(21-12(18)20-10)8-4-3-7(14)5-9(8)13(15,16)17/h3-6H,1-2H3,(H2,18,19,20,21). The number of alkyl halides is 3. The van der Waals surface area contributed by atoms with Crippen molar-refractivity contribution in [1.82, 2.24) is 15.0 Å². The van der Waals surface area contributed by atoms with Gasteiger partial charge >= 0.3 is 6.18 Å². The Balaban J connectivity index is 2.67. The van der Waals surface area contributed by atoms with Crippen molar-refractivity contribution in [3.63, 3.8) is 0 Å². The van der Waals surface area contributed by atoms with Crippen LogP contribution in [0, 0.1) is 0 Å². The van der Waals surface area contributed by atoms with Gasteiger partial charge < -0.3 is 5.73 Å². The zero-order valence-corrected chi connectivity index (χ0v) is 12.8. The SMILES string of the molecule is CC(C)c1nc(N)nc(-c2ccc(Br)cc2C(F)(F)F)n1. The summed E-state index contributed by atoms with van der Waals surface area (Å²) in [6.45, 7) is 3.65. The molecule has 0 unspecified atom stereocenters. The molecule has 8 heteroatoms. The second kappa shape index (κ2) is 5.59. The van der Waals surface area contributed by atoms with Crippen LogP contribution < -0.4 is 5.73 Å². The molecule has 0 spiro atoms. The molecule has 2 rings (SSSR count). The molecule has 0 atom stereocenters. The predicted molar refractivity (Wildman–Crippen MR) is 76.5 cm³/mol. The highest BCUT2D eigenvalue weighted by molar-refractivity contribution is 9.10. The summed E-state index contributed by atoms with van der Waals surface area (Å²) in [5, 5.41) is 0. The highest BCUT2D eigenvalue weighted by atomic mass is 79.9. The molecule has 2 aromatic rings. The lowest BCUT2D eigenvalue weighted by Crippen LogP contribution is -2.11. The van der Waals surface area contributed by atoms with Crippen LogP contribution in [-0.4, -0.2) is 15.0 Å². The Hall–Kier alpha value is -1.70. The molecule has 1 aromatic heterocycles. The third-order valence-corrected chi connectivity index (χ3v) is 3.21. The van der Waals surface area contributed by atoms with Crippen molar-refractivity contribution in [1.29, 1.82) is 0 Å². The molecule has 0 saturated heterocycles. The maximum absolute atomic E-state index is 13.2. The Morgan fingerprint density at radius 3 is 2.38 bits per heavy atom. The lowest BCUT2D eigenvalue weighted by molar-refractivity contribution is -0.137. The summed E-state index contributed by atoms with van der Waals surface area (Å²) >= 11 is 3.04. The molecule has 0 aliphatic rings. The summed E-state index contributed by atoms with van der Waals surface area (Å²) in [7, 11) is 0. The van der Waals surface area contributed by atoms with Crippen LogP contribution in [0.25, 0.3) is 11.4 Å². The summed E-state index contributed by atoms with van der Waals surface area (Å²) in [5.74, 6) is 0.109. The minimum atomic E-state index is -4.52. The van der Waals surface area contributed by atoms with Crippen molar-refractivity contribution in [2.75, 3.05) is 5.73 Å². The van der Waals surface area contributed by atoms with Crippen LogP contribution in [0.4, 0.5) is 19.1 Å². The molecule has 0 fully saturated rings. The lowest BCUT2D eigenvalue weighted by Gasteiger charge is -2.13. The van der Waals surface area contributed by atoms with E-state index < -0.39 is 11.7 Å². The molecule has 112 valence electrons. The van der Waals surface area contributed by atoms with E-state index >= 15 is 0 Å². The Labute approximate surface area is 127 Å². The van der Waals surface area contributed by atoms with Crippen molar-refractivity contribution in [3.8, 4) is 11.4 Å². The minimum Gasteiger partial charge on any atom is -0.368 e. The molecule has 0 saturated carbocycles. The number of halogens is 4. The van der Waals surface area contributed by atoms with Crippen LogP contribution in [0.3, 0.4) is 0 Å². The summed E-state index contributed by atoms with van der Waals surface area (Å²) in [4.78, 5) is 11.9. The Morgan fingerprint density at radius 1 is 1.14 bits per heavy atom. The largest absolute Gasteiger partial charge is 0.417 e. The zero-order valence-electron chi connectivity index (χ0n) is 11.2. The van der Waals surface area contributed by atoms with Crippen LogP contribution in [0.2, 0.25) is 0 Å². The van der Waals surface area contributed by atoms with Crippen molar-refractivity contribution in [2.45, 2.75) is 25.9 Å². The number of nitrogen functional groups attached to an aromatic ring is 1. The van der Waals surface area contributed by atoms with Crippen molar-refractivity contribution < 1.29 is 13.2 Å². The molecule has 21 heavy (non-hydrogen) atoms. The lowest BCUT2D eigenvalue weighted by atomic mass is 10.1. The third-order valence-electron chi connectivity index (χ3n) is 2.71. The number of benzene rings is 1. The number of aromatic nitrogens is 3. The van der Waals surface area contributed by atoms with Gasteiger partial charge in [0, 0.05) is 16.0 Å². The minimum absolute atomic E-state index is 0.0705. The average molecular weight is 361 g/mol. The first-order valence-corrected chi connectivity index (χ1v) is 6.86. The van der Waals surface area contributed by atoms with Crippen LogP contribution >= 0.6 is 15.9 Å². The first-order chi connectivity index (χ1) is 9.68. The van der Waals surface area contributed by atoms with Gasteiger partial charge in [0.25, 0.3) is 0 Å². The van der Waals surface area contributed by atoms with Gasteiger partial charge in [-0.1, -0.05) is 29.8 Å². The molecule has 0 aliphatic carbocycles. The Morgan fingerprint density at radius 2 is 1.81 bits per heavy atom. The topological polar surface area (TPSA) is 64.7 Å². The molecular weight excluding hydrogens is 349 g/mol. The van der Waals surface area contributed by atoms with E-state index in [1.807, 2.05) is 13.8 Å². The first-order valence-electron chi connectivity index (χ1n) is 6.07. The number of hydrogen-bond donors (Lipinski definition) is 1. The fourth-order valence-electron chi connectivity index (χ4n) is 1.73. The molecular formula is C13H12BrF3N4. The van der Waals surface area contributed by atoms with Crippen LogP contribution in [0.1, 0.15) is 31.2 Å². The number of nitrogens with zero attached hydrogens (tertiary/aromatic N) is 3. The van der Waals surface area contributed by atoms with E-state index in [1.54, 1.807) is 0 Å². The summed E-state index contributed by atoms with van der Waals surface area (Å²) in [6.07, 6.45) is -4.52. The van der Waals surface area contributed by atoms with E-state index in [-0.39, 0.29) is 23.3 Å². The summed E-state index contributed by atoms with van der Waals surface area (Å²) < 4.78 is 39.8. The predicted octanol–water partition coefficient (Wildman–Crippen LogP) is 4.03. The first kappa shape index (κ1) is 15.7. The maximum Gasteiger partial charge on any atom is 0.417 e. The molecule has 0 bridgehead atoms. The van der Waals surface area contributed by atoms with E-state index in [0.717, 1.165) is 6.07 Å². The highest BCUT2D eigenvalue weighted by Gasteiger charge is 2.34. The summed E-state index contributed by atoms with van der Waals surface area (Å²) in [6, 6.07) is 3.80. The van der Waals surface area contributed by atoms with Crippen LogP contribution in [-0.2, 0) is 6.18 Å². The summed E-state index contributed by atoms with van der Waals surface area (Å²) in [5.41, 5.74) is 4.63. The maximum atomic E-state index is 13.2. The quantitative estimate of drug-likeness (QED) is 0.877. The Bertz CT molecular complexity index is 671. The van der Waals surface area contributed by atoms with E-state index in [4.69, 9.17) is 5.73 Å². The molecule has 0 radical (unpaired) electrons. The van der Waals surface area contributed by atoms with Gasteiger partial charge in [-0.05, 0) is 18.2 Å². The van der Waals surface area contributed by atoms with E-state index in [2.05, 4.69) is 30.9 Å². The van der Waals surface area contributed by atoms with Gasteiger partial charge in [0.15, 0.2) is 5.82 Å². The molecule has 0 aliphatic heterocycles. The van der Waals surface area contributed by atoms with Crippen molar-refractivity contribution in [3.05, 3.63) is 34.1 Å². The van der Waals surface area contributed by atoms with E-state index in [0.29, 0.717) is 10.3 Å². The number of nitrogens with two attached hydrogens (primary N) is 1. The van der Waals surface area contributed by atoms with Crippen LogP contribution in [0.15, 0.2) is 22.7 Å². The van der Waals surface area contributed by atoms with Gasteiger partial charge in [-0.25, -0.2) is 4.98 Å². The molecule has 1 aromatic carbocycles. The van der Waals surface area contributed by atoms with Gasteiger partial charge in [-0.3, -0.25) is 0 Å². The van der Waals surface area contributed by atoms with E-state index in [9.17, 15) is 13.2 Å². The molecule has 0 amide bonds. The highest BCUT2D eigenvalue weighted by Crippen LogP contribution is 2.37. The van der Waals surface area contributed by atoms with Gasteiger partial charge in [-0.2, -0.15) is 23.1 Å². The normalized spacial score (nSPS) is 12.0. The monoisotopic (exact) mass is 360 g/mol. The fourth-order valence-corrected chi connectivity index (χ4v) is 2.10. The third kappa shape index (κ3) is 3.49. The van der Waals surface area contributed by atoms with Crippen molar-refractivity contribution >= 4 is 21.9 Å². The number of anilines is 1. The molecule has 1 heterocycles. The zero-order chi connectivity index (χ0) is 15.8. The van der Waals surface area contributed by atoms with Gasteiger partial charge in [-0.15, -0.1) is 0 Å². The van der Waals surface area contributed by atoms with Gasteiger partial charge in [0.2, 0.25) is 5.95 Å². The second-order valence-corrected chi connectivity index (χ2v) is 5.63. The number of hydrogen-bond acceptors (Lipinski definition) is 4. The average Bonchev–Trinajstić information content (AvgIpc) is 2.36. The van der Waals surface area contributed by atoms with Crippen molar-refractivity contribution in [2.24, 2.45) is 0 Å². The molecule has 4 nitrogen and oxygen atoms in total. The molecule has 2 N–H and O–H groups in total. The second-order valence-electron chi connectivity index (χ2n) is 4.72.